The van der Waals surface area contributed by atoms with Crippen molar-refractivity contribution in [1.82, 2.24) is 5.32 Å². The number of carbonyl (C=O) groups is 2. The first-order valence-electron chi connectivity index (χ1n) is 9.81. The molecule has 3 rings (SSSR count). The van der Waals surface area contributed by atoms with Gasteiger partial charge in [0.15, 0.2) is 0 Å². The van der Waals surface area contributed by atoms with E-state index in [0.29, 0.717) is 22.7 Å². The summed E-state index contributed by atoms with van der Waals surface area (Å²) in [6.07, 6.45) is 0.0304. The molecule has 0 heterocycles. The van der Waals surface area contributed by atoms with E-state index in [1.165, 1.54) is 18.2 Å². The summed E-state index contributed by atoms with van der Waals surface area (Å²) in [7, 11) is 0. The number of rotatable bonds is 8. The smallest absolute Gasteiger partial charge is 0.326 e. The van der Waals surface area contributed by atoms with Crippen LogP contribution in [0.15, 0.2) is 60.7 Å². The maximum absolute atomic E-state index is 12.5. The Labute approximate surface area is 200 Å². The van der Waals surface area contributed by atoms with Crippen molar-refractivity contribution in [3.63, 3.8) is 0 Å². The van der Waals surface area contributed by atoms with Gasteiger partial charge in [0.05, 0.1) is 22.2 Å². The van der Waals surface area contributed by atoms with Gasteiger partial charge in [0.25, 0.3) is 5.91 Å². The number of aliphatic carboxylic acids is 1. The molecule has 0 aliphatic heterocycles. The zero-order valence-electron chi connectivity index (χ0n) is 17.2. The molecule has 0 saturated heterocycles. The lowest BCUT2D eigenvalue weighted by Gasteiger charge is -2.16. The van der Waals surface area contributed by atoms with Crippen LogP contribution >= 0.6 is 23.2 Å². The highest BCUT2D eigenvalue weighted by Crippen LogP contribution is 2.25. The fraction of sp³-hybridized carbons (Fsp3) is 0.125. The molecule has 1 unspecified atom stereocenters. The van der Waals surface area contributed by atoms with Crippen LogP contribution in [0.3, 0.4) is 0 Å². The van der Waals surface area contributed by atoms with Crippen molar-refractivity contribution in [2.45, 2.75) is 19.0 Å². The normalized spacial score (nSPS) is 11.3. The van der Waals surface area contributed by atoms with E-state index in [0.717, 1.165) is 11.3 Å². The molecule has 9 heteroatoms. The Morgan fingerprint density at radius 3 is 2.39 bits per heavy atom. The Balaban J connectivity index is 1.65. The first-order valence-corrected chi connectivity index (χ1v) is 10.6. The van der Waals surface area contributed by atoms with Gasteiger partial charge in [0, 0.05) is 23.7 Å². The molecule has 1 atom stereocenters. The van der Waals surface area contributed by atoms with E-state index in [9.17, 15) is 19.8 Å². The van der Waals surface area contributed by atoms with Gasteiger partial charge in [0.1, 0.15) is 11.8 Å². The van der Waals surface area contributed by atoms with Gasteiger partial charge in [-0.2, -0.15) is 5.26 Å². The van der Waals surface area contributed by atoms with E-state index in [4.69, 9.17) is 28.5 Å². The highest BCUT2D eigenvalue weighted by molar-refractivity contribution is 6.34. The van der Waals surface area contributed by atoms with E-state index >= 15 is 0 Å². The molecular weight excluding hydrogens is 465 g/mol. The van der Waals surface area contributed by atoms with Crippen LogP contribution < -0.4 is 10.6 Å². The van der Waals surface area contributed by atoms with E-state index in [1.54, 1.807) is 42.5 Å². The van der Waals surface area contributed by atoms with Crippen molar-refractivity contribution in [1.29, 1.82) is 5.26 Å². The summed E-state index contributed by atoms with van der Waals surface area (Å²) < 4.78 is 0. The number of phenols is 1. The zero-order valence-corrected chi connectivity index (χ0v) is 18.7. The lowest BCUT2D eigenvalue weighted by molar-refractivity contribution is -0.139. The van der Waals surface area contributed by atoms with Crippen molar-refractivity contribution in [2.24, 2.45) is 0 Å². The lowest BCUT2D eigenvalue weighted by atomic mass is 10.0. The number of aromatic hydroxyl groups is 1. The van der Waals surface area contributed by atoms with Crippen LogP contribution in [0.4, 0.5) is 5.69 Å². The quantitative estimate of drug-likeness (QED) is 0.371. The minimum Gasteiger partial charge on any atom is -0.507 e. The summed E-state index contributed by atoms with van der Waals surface area (Å²) in [5.74, 6) is -2.33. The Morgan fingerprint density at radius 1 is 1.03 bits per heavy atom. The maximum Gasteiger partial charge on any atom is 0.326 e. The number of hydrogen-bond donors (Lipinski definition) is 4. The number of halogens is 2. The minimum absolute atomic E-state index is 0.0208. The van der Waals surface area contributed by atoms with Crippen molar-refractivity contribution >= 4 is 40.8 Å². The molecule has 3 aromatic rings. The van der Waals surface area contributed by atoms with Gasteiger partial charge in [-0.3, -0.25) is 4.79 Å². The zero-order chi connectivity index (χ0) is 24.0. The number of benzene rings is 3. The van der Waals surface area contributed by atoms with Crippen molar-refractivity contribution in [3.05, 3.63) is 93.0 Å². The number of nitrogens with zero attached hydrogens (tertiary/aromatic N) is 1. The van der Waals surface area contributed by atoms with E-state index < -0.39 is 17.9 Å². The van der Waals surface area contributed by atoms with Crippen LogP contribution in [0.1, 0.15) is 27.0 Å². The number of phenolic OH excluding ortho intramolecular Hbond substituents is 1. The first kappa shape index (κ1) is 23.9. The van der Waals surface area contributed by atoms with Crippen molar-refractivity contribution in [3.8, 4) is 11.8 Å². The number of carbonyl (C=O) groups excluding carboxylic acids is 1. The van der Waals surface area contributed by atoms with Crippen molar-refractivity contribution in [2.75, 3.05) is 5.32 Å². The minimum atomic E-state index is -1.22. The highest BCUT2D eigenvalue weighted by Gasteiger charge is 2.24. The summed E-state index contributed by atoms with van der Waals surface area (Å²) >= 11 is 12.1. The number of carboxylic acids is 1. The topological polar surface area (TPSA) is 122 Å². The molecule has 0 spiro atoms. The molecule has 0 aliphatic rings. The molecule has 0 aliphatic carbocycles. The molecule has 33 heavy (non-hydrogen) atoms. The molecule has 7 nitrogen and oxygen atoms in total. The molecule has 0 saturated carbocycles. The third-order valence-corrected chi connectivity index (χ3v) is 5.56. The molecule has 3 aromatic carbocycles. The number of carboxylic acid groups (broad SMARTS) is 1. The number of nitriles is 1. The van der Waals surface area contributed by atoms with E-state index in [1.807, 2.05) is 0 Å². The number of nitrogens with one attached hydrogen (secondary N) is 2. The number of amides is 1. The van der Waals surface area contributed by atoms with Crippen molar-refractivity contribution < 1.29 is 19.8 Å². The SMILES string of the molecule is N#Cc1ccc(Cl)c(CNc2ccc(CC(NC(=O)c3c(O)cccc3Cl)C(=O)O)cc2)c1. The molecule has 1 amide bonds. The maximum atomic E-state index is 12.5. The Bertz CT molecular complexity index is 1200. The third kappa shape index (κ3) is 6.16. The fourth-order valence-corrected chi connectivity index (χ4v) is 3.58. The lowest BCUT2D eigenvalue weighted by Crippen LogP contribution is -2.42. The molecule has 0 aromatic heterocycles. The molecule has 0 bridgehead atoms. The molecule has 4 N–H and O–H groups in total. The molecular formula is C24H19Cl2N3O4. The average molecular weight is 484 g/mol. The summed E-state index contributed by atoms with van der Waals surface area (Å²) in [6, 6.07) is 17.1. The predicted octanol–water partition coefficient (Wildman–Crippen LogP) is 4.61. The monoisotopic (exact) mass is 483 g/mol. The second-order valence-corrected chi connectivity index (χ2v) is 7.99. The first-order chi connectivity index (χ1) is 15.8. The van der Waals surface area contributed by atoms with Gasteiger partial charge >= 0.3 is 5.97 Å². The Kier molecular flexibility index (Phi) is 7.78. The Morgan fingerprint density at radius 2 is 1.76 bits per heavy atom. The van der Waals surface area contributed by atoms with Crippen LogP contribution in [0, 0.1) is 11.3 Å². The van der Waals surface area contributed by atoms with Gasteiger partial charge < -0.3 is 20.8 Å². The van der Waals surface area contributed by atoms with E-state index in [-0.39, 0.29) is 22.8 Å². The average Bonchev–Trinajstić information content (AvgIpc) is 2.79. The van der Waals surface area contributed by atoms with Gasteiger partial charge in [-0.1, -0.05) is 41.4 Å². The second-order valence-electron chi connectivity index (χ2n) is 7.17. The summed E-state index contributed by atoms with van der Waals surface area (Å²) in [6.45, 7) is 0.406. The number of anilines is 1. The molecule has 0 radical (unpaired) electrons. The molecule has 168 valence electrons. The van der Waals surface area contributed by atoms with Crippen LogP contribution in [0.5, 0.6) is 5.75 Å². The summed E-state index contributed by atoms with van der Waals surface area (Å²) in [5.41, 5.74) is 2.56. The Hall–Kier alpha value is -3.73. The predicted molar refractivity (Wildman–Crippen MR) is 126 cm³/mol. The van der Waals surface area contributed by atoms with Gasteiger partial charge in [-0.05, 0) is 53.6 Å². The van der Waals surface area contributed by atoms with Crippen LogP contribution in [0.25, 0.3) is 0 Å². The fourth-order valence-electron chi connectivity index (χ4n) is 3.14. The van der Waals surface area contributed by atoms with Gasteiger partial charge in [-0.15, -0.1) is 0 Å². The van der Waals surface area contributed by atoms with Crippen LogP contribution in [-0.2, 0) is 17.8 Å². The van der Waals surface area contributed by atoms with Crippen LogP contribution in [0.2, 0.25) is 10.0 Å². The summed E-state index contributed by atoms with van der Waals surface area (Å²) in [5, 5.41) is 34.6. The van der Waals surface area contributed by atoms with Crippen LogP contribution in [-0.4, -0.2) is 28.1 Å². The second kappa shape index (κ2) is 10.7. The van der Waals surface area contributed by atoms with E-state index in [2.05, 4.69) is 16.7 Å². The van der Waals surface area contributed by atoms with Gasteiger partial charge in [0.2, 0.25) is 0 Å². The highest BCUT2D eigenvalue weighted by atomic mass is 35.5. The standard InChI is InChI=1S/C24H19Cl2N3O4/c25-18-9-6-15(12-27)10-16(18)13-28-17-7-4-14(5-8-17)11-20(24(32)33)29-23(31)22-19(26)2-1-3-21(22)30/h1-10,20,28,30H,11,13H2,(H,29,31)(H,32,33). The number of hydrogen-bond acceptors (Lipinski definition) is 5. The van der Waals surface area contributed by atoms with Gasteiger partial charge in [-0.25, -0.2) is 4.79 Å². The summed E-state index contributed by atoms with van der Waals surface area (Å²) in [4.78, 5) is 24.2. The third-order valence-electron chi connectivity index (χ3n) is 4.87. The largest absolute Gasteiger partial charge is 0.507 e. The molecule has 0 fully saturated rings.